The number of thioether (sulfide) groups is 1. The van der Waals surface area contributed by atoms with Gasteiger partial charge >= 0.3 is 0 Å². The van der Waals surface area contributed by atoms with E-state index in [-0.39, 0.29) is 5.91 Å². The fourth-order valence-electron chi connectivity index (χ4n) is 2.66. The summed E-state index contributed by atoms with van der Waals surface area (Å²) < 4.78 is 12.2. The number of hydrogen-bond acceptors (Lipinski definition) is 7. The van der Waals surface area contributed by atoms with Gasteiger partial charge in [-0.1, -0.05) is 47.3 Å². The third-order valence-corrected chi connectivity index (χ3v) is 5.31. The van der Waals surface area contributed by atoms with Crippen molar-refractivity contribution in [2.75, 3.05) is 5.32 Å². The number of furan rings is 1. The van der Waals surface area contributed by atoms with Crippen LogP contribution in [0.2, 0.25) is 0 Å². The van der Waals surface area contributed by atoms with E-state index in [0.717, 1.165) is 5.56 Å². The number of aromatic nitrogens is 4. The molecule has 3 heterocycles. The van der Waals surface area contributed by atoms with E-state index in [1.54, 1.807) is 29.9 Å². The Bertz CT molecular complexity index is 1070. The molecule has 1 atom stereocenters. The number of anilines is 1. The smallest absolute Gasteiger partial charge is 0.243 e. The molecule has 3 aromatic heterocycles. The third kappa shape index (κ3) is 3.70. The van der Waals surface area contributed by atoms with Crippen LogP contribution in [0, 0.1) is 6.92 Å². The van der Waals surface area contributed by atoms with Gasteiger partial charge in [0.2, 0.25) is 5.91 Å². The fraction of sp³-hybridized carbons (Fsp3) is 0.158. The molecular formula is C19H17N5O3S. The molecular weight excluding hydrogens is 378 g/mol. The standard InChI is InChI=1S/C19H17N5O3S/c1-12-11-15(23-27-12)20-18(25)16(13-7-4-3-5-8-13)28-19-22-21-17(24(19)2)14-9-6-10-26-14/h3-11,16H,1-2H3,(H,20,23,25). The van der Waals surface area contributed by atoms with Crippen molar-refractivity contribution in [2.24, 2.45) is 7.05 Å². The third-order valence-electron chi connectivity index (χ3n) is 4.02. The minimum atomic E-state index is -0.550. The van der Waals surface area contributed by atoms with Crippen LogP contribution < -0.4 is 5.32 Å². The highest BCUT2D eigenvalue weighted by atomic mass is 32.2. The van der Waals surface area contributed by atoms with Gasteiger partial charge in [-0.2, -0.15) is 0 Å². The number of rotatable bonds is 6. The molecule has 0 aliphatic heterocycles. The monoisotopic (exact) mass is 395 g/mol. The molecule has 0 radical (unpaired) electrons. The molecule has 0 aliphatic rings. The summed E-state index contributed by atoms with van der Waals surface area (Å²) in [5.41, 5.74) is 0.841. The van der Waals surface area contributed by atoms with Crippen LogP contribution in [0.1, 0.15) is 16.6 Å². The molecule has 1 aromatic carbocycles. The second kappa shape index (κ2) is 7.73. The van der Waals surface area contributed by atoms with Crippen molar-refractivity contribution < 1.29 is 13.7 Å². The normalized spacial score (nSPS) is 12.1. The Morgan fingerprint density at radius 3 is 2.68 bits per heavy atom. The zero-order chi connectivity index (χ0) is 19.5. The maximum absolute atomic E-state index is 13.0. The summed E-state index contributed by atoms with van der Waals surface area (Å²) in [5.74, 6) is 1.97. The van der Waals surface area contributed by atoms with E-state index in [2.05, 4.69) is 20.7 Å². The average Bonchev–Trinajstić information content (AvgIpc) is 3.43. The molecule has 0 saturated heterocycles. The lowest BCUT2D eigenvalue weighted by Gasteiger charge is -2.15. The molecule has 0 spiro atoms. The number of aryl methyl sites for hydroxylation is 1. The lowest BCUT2D eigenvalue weighted by Crippen LogP contribution is -2.19. The Morgan fingerprint density at radius 1 is 1.18 bits per heavy atom. The first-order chi connectivity index (χ1) is 13.6. The SMILES string of the molecule is Cc1cc(NC(=O)C(Sc2nnc(-c3ccco3)n2C)c2ccccc2)no1. The van der Waals surface area contributed by atoms with Crippen molar-refractivity contribution in [3.05, 3.63) is 66.1 Å². The summed E-state index contributed by atoms with van der Waals surface area (Å²) in [6.45, 7) is 1.77. The van der Waals surface area contributed by atoms with E-state index in [9.17, 15) is 4.79 Å². The maximum Gasteiger partial charge on any atom is 0.243 e. The van der Waals surface area contributed by atoms with Crippen molar-refractivity contribution in [1.82, 2.24) is 19.9 Å². The van der Waals surface area contributed by atoms with Gasteiger partial charge in [0.05, 0.1) is 6.26 Å². The molecule has 142 valence electrons. The van der Waals surface area contributed by atoms with Crippen molar-refractivity contribution in [3.63, 3.8) is 0 Å². The first kappa shape index (κ1) is 18.1. The fourth-order valence-corrected chi connectivity index (χ4v) is 3.66. The van der Waals surface area contributed by atoms with E-state index in [0.29, 0.717) is 28.3 Å². The van der Waals surface area contributed by atoms with Crippen molar-refractivity contribution >= 4 is 23.5 Å². The Morgan fingerprint density at radius 2 is 2.00 bits per heavy atom. The van der Waals surface area contributed by atoms with Crippen LogP contribution in [0.25, 0.3) is 11.6 Å². The predicted octanol–water partition coefficient (Wildman–Crippen LogP) is 3.84. The summed E-state index contributed by atoms with van der Waals surface area (Å²) >= 11 is 1.30. The van der Waals surface area contributed by atoms with E-state index < -0.39 is 5.25 Å². The van der Waals surface area contributed by atoms with E-state index in [1.807, 2.05) is 43.4 Å². The van der Waals surface area contributed by atoms with Gasteiger partial charge in [-0.15, -0.1) is 10.2 Å². The van der Waals surface area contributed by atoms with Gasteiger partial charge in [0.1, 0.15) is 11.0 Å². The quantitative estimate of drug-likeness (QED) is 0.495. The van der Waals surface area contributed by atoms with Gasteiger partial charge < -0.3 is 18.8 Å². The predicted molar refractivity (Wildman–Crippen MR) is 104 cm³/mol. The lowest BCUT2D eigenvalue weighted by atomic mass is 10.1. The summed E-state index contributed by atoms with van der Waals surface area (Å²) in [6, 6.07) is 14.8. The Labute approximate surface area is 164 Å². The highest BCUT2D eigenvalue weighted by Crippen LogP contribution is 2.36. The number of carbonyl (C=O) groups is 1. The molecule has 1 unspecified atom stereocenters. The van der Waals surface area contributed by atoms with Gasteiger partial charge in [0.25, 0.3) is 0 Å². The van der Waals surface area contributed by atoms with Gasteiger partial charge in [-0.3, -0.25) is 4.79 Å². The second-order valence-electron chi connectivity index (χ2n) is 6.06. The van der Waals surface area contributed by atoms with Crippen LogP contribution in [0.5, 0.6) is 0 Å². The molecule has 0 fully saturated rings. The van der Waals surface area contributed by atoms with Gasteiger partial charge in [0.15, 0.2) is 22.6 Å². The molecule has 1 amide bonds. The summed E-state index contributed by atoms with van der Waals surface area (Å²) in [7, 11) is 1.83. The van der Waals surface area contributed by atoms with Gasteiger partial charge in [-0.05, 0) is 24.6 Å². The van der Waals surface area contributed by atoms with Crippen molar-refractivity contribution in [1.29, 1.82) is 0 Å². The van der Waals surface area contributed by atoms with Gasteiger partial charge in [-0.25, -0.2) is 0 Å². The van der Waals surface area contributed by atoms with E-state index >= 15 is 0 Å². The van der Waals surface area contributed by atoms with Crippen LogP contribution in [0.4, 0.5) is 5.82 Å². The summed E-state index contributed by atoms with van der Waals surface area (Å²) in [6.07, 6.45) is 1.58. The Kier molecular flexibility index (Phi) is 4.98. The van der Waals surface area contributed by atoms with Crippen molar-refractivity contribution in [2.45, 2.75) is 17.3 Å². The molecule has 9 heteroatoms. The topological polar surface area (TPSA) is 99.0 Å². The number of carbonyl (C=O) groups excluding carboxylic acids is 1. The molecule has 0 bridgehead atoms. The summed E-state index contributed by atoms with van der Waals surface area (Å²) in [5, 5.41) is 15.1. The lowest BCUT2D eigenvalue weighted by molar-refractivity contribution is -0.115. The van der Waals surface area contributed by atoms with Crippen molar-refractivity contribution in [3.8, 4) is 11.6 Å². The minimum Gasteiger partial charge on any atom is -0.461 e. The molecule has 4 aromatic rings. The van der Waals surface area contributed by atoms with Gasteiger partial charge in [0, 0.05) is 13.1 Å². The largest absolute Gasteiger partial charge is 0.461 e. The van der Waals surface area contributed by atoms with Crippen LogP contribution in [0.3, 0.4) is 0 Å². The molecule has 0 saturated carbocycles. The first-order valence-corrected chi connectivity index (χ1v) is 9.39. The number of nitrogens with zero attached hydrogens (tertiary/aromatic N) is 4. The van der Waals surface area contributed by atoms with Crippen LogP contribution >= 0.6 is 11.8 Å². The Balaban J connectivity index is 1.62. The molecule has 4 rings (SSSR count). The highest BCUT2D eigenvalue weighted by molar-refractivity contribution is 8.00. The zero-order valence-electron chi connectivity index (χ0n) is 15.2. The molecule has 28 heavy (non-hydrogen) atoms. The van der Waals surface area contributed by atoms with Crippen LogP contribution in [-0.4, -0.2) is 25.8 Å². The number of hydrogen-bond donors (Lipinski definition) is 1. The highest BCUT2D eigenvalue weighted by Gasteiger charge is 2.26. The zero-order valence-corrected chi connectivity index (χ0v) is 16.0. The summed E-state index contributed by atoms with van der Waals surface area (Å²) in [4.78, 5) is 13.0. The molecule has 0 aliphatic carbocycles. The van der Waals surface area contributed by atoms with E-state index in [1.165, 1.54) is 11.8 Å². The average molecular weight is 395 g/mol. The van der Waals surface area contributed by atoms with E-state index in [4.69, 9.17) is 8.94 Å². The Hall–Kier alpha value is -3.33. The number of nitrogens with one attached hydrogen (secondary N) is 1. The first-order valence-electron chi connectivity index (χ1n) is 8.51. The van der Waals surface area contributed by atoms with Crippen LogP contribution in [-0.2, 0) is 11.8 Å². The number of amides is 1. The van der Waals surface area contributed by atoms with Crippen LogP contribution in [0.15, 0.2) is 68.9 Å². The minimum absolute atomic E-state index is 0.230. The molecule has 8 nitrogen and oxygen atoms in total. The second-order valence-corrected chi connectivity index (χ2v) is 7.14. The number of benzene rings is 1. The maximum atomic E-state index is 13.0. The molecule has 1 N–H and O–H groups in total.